The number of anilines is 3. The highest BCUT2D eigenvalue weighted by molar-refractivity contribution is 7.23. The van der Waals surface area contributed by atoms with Crippen LogP contribution in [0.25, 0.3) is 32.1 Å². The lowest BCUT2D eigenvalue weighted by Crippen LogP contribution is -2.41. The van der Waals surface area contributed by atoms with Gasteiger partial charge in [0.25, 0.3) is 0 Å². The smallest absolute Gasteiger partial charge is 0.319 e. The zero-order valence-electron chi connectivity index (χ0n) is 24.7. The zero-order valence-corrected chi connectivity index (χ0v) is 26.3. The van der Waals surface area contributed by atoms with Crippen LogP contribution in [0.3, 0.4) is 0 Å². The molecule has 2 aromatic carbocycles. The van der Waals surface area contributed by atoms with Crippen LogP contribution in [0.15, 0.2) is 24.7 Å². The second-order valence-corrected chi connectivity index (χ2v) is 12.5. The molecule has 0 radical (unpaired) electrons. The maximum Gasteiger partial charge on any atom is 0.319 e. The summed E-state index contributed by atoms with van der Waals surface area (Å²) in [4.78, 5) is 19.0. The number of aromatic nitrogens is 4. The summed E-state index contributed by atoms with van der Waals surface area (Å²) in [6.07, 6.45) is 2.48. The minimum atomic E-state index is -1.13. The second kappa shape index (κ2) is 12.4. The summed E-state index contributed by atoms with van der Waals surface area (Å²) in [5.41, 5.74) is 11.4. The van der Waals surface area contributed by atoms with Gasteiger partial charge < -0.3 is 31.2 Å². The number of hydrogen-bond donors (Lipinski definition) is 3. The first-order valence-corrected chi connectivity index (χ1v) is 15.2. The monoisotopic (exact) mass is 669 g/mol. The Morgan fingerprint density at radius 3 is 2.70 bits per heavy atom. The molecule has 5 aromatic rings. The van der Waals surface area contributed by atoms with Gasteiger partial charge in [-0.2, -0.15) is 15.2 Å². The average molecular weight is 670 g/mol. The molecule has 0 spiro atoms. The van der Waals surface area contributed by atoms with Crippen LogP contribution in [0.5, 0.6) is 6.01 Å². The van der Waals surface area contributed by atoms with Gasteiger partial charge >= 0.3 is 6.01 Å². The van der Waals surface area contributed by atoms with Crippen LogP contribution in [0.2, 0.25) is 5.02 Å². The van der Waals surface area contributed by atoms with E-state index < -0.39 is 34.7 Å². The van der Waals surface area contributed by atoms with Crippen LogP contribution in [0.1, 0.15) is 24.0 Å². The van der Waals surface area contributed by atoms with Gasteiger partial charge in [0, 0.05) is 52.2 Å². The summed E-state index contributed by atoms with van der Waals surface area (Å²) >= 11 is 7.41. The number of nitrogens with one attached hydrogen (secondary N) is 1. The van der Waals surface area contributed by atoms with Crippen molar-refractivity contribution in [1.29, 1.82) is 5.26 Å². The maximum absolute atomic E-state index is 16.8. The zero-order chi connectivity index (χ0) is 32.9. The van der Waals surface area contributed by atoms with Gasteiger partial charge in [0.2, 0.25) is 0 Å². The maximum atomic E-state index is 16.8. The minimum absolute atomic E-state index is 0.0436. The molecule has 5 N–H and O–H groups in total. The van der Waals surface area contributed by atoms with Crippen molar-refractivity contribution in [1.82, 2.24) is 24.8 Å². The number of hydrogen-bond acceptors (Lipinski definition) is 12. The molecule has 0 saturated carbocycles. The molecule has 1 saturated heterocycles. The predicted octanol–water partition coefficient (Wildman–Crippen LogP) is 5.33. The largest absolute Gasteiger partial charge is 0.456 e. The number of ether oxygens (including phenoxy) is 2. The van der Waals surface area contributed by atoms with Crippen LogP contribution < -0.4 is 21.5 Å². The molecular weight excluding hydrogens is 643 g/mol. The number of thiophene rings is 1. The van der Waals surface area contributed by atoms with E-state index in [4.69, 9.17) is 32.5 Å². The first kappa shape index (κ1) is 31.5. The van der Waals surface area contributed by atoms with Crippen molar-refractivity contribution in [3.63, 3.8) is 0 Å². The Kier molecular flexibility index (Phi) is 8.47. The summed E-state index contributed by atoms with van der Waals surface area (Å²) in [6.45, 7) is 2.83. The molecular formula is C30H27ClF3N9O2S. The van der Waals surface area contributed by atoms with Crippen molar-refractivity contribution in [3.05, 3.63) is 58.3 Å². The lowest BCUT2D eigenvalue weighted by atomic mass is 9.96. The number of rotatable bonds is 8. The van der Waals surface area contributed by atoms with Crippen molar-refractivity contribution < 1.29 is 22.6 Å². The van der Waals surface area contributed by atoms with E-state index in [1.807, 2.05) is 32.0 Å². The van der Waals surface area contributed by atoms with Gasteiger partial charge in [-0.15, -0.1) is 11.3 Å². The number of halogens is 4. The van der Waals surface area contributed by atoms with Gasteiger partial charge in [-0.05, 0) is 20.2 Å². The fraction of sp³-hybridized carbons (Fsp3) is 0.300. The third-order valence-corrected chi connectivity index (χ3v) is 9.24. The quantitative estimate of drug-likeness (QED) is 0.196. The molecule has 1 aliphatic heterocycles. The van der Waals surface area contributed by atoms with Gasteiger partial charge in [-0.1, -0.05) is 18.5 Å². The standard InChI is InChI=1S/C30H27ClF3N9O2S/c1-12(15-8-38-11-40-27(15)36)7-39-29-13-4-16(31)22(23-17(32)5-18(33)26-21(23)14(6-35)28(37)46-26)24(34)25(13)41-30(42-29)45-20-10-44-9-19(20)43(2)3/h4-5,8,11-12,19-20H,7,9-10,37H2,1-3H3,(H2,36,38,40)(H,39,41,42)/t12-,19+,20+/m0/s1. The minimum Gasteiger partial charge on any atom is -0.456 e. The number of fused-ring (bicyclic) bond motifs is 2. The molecule has 0 unspecified atom stereocenters. The van der Waals surface area contributed by atoms with Crippen LogP contribution in [-0.2, 0) is 4.74 Å². The number of nitriles is 1. The molecule has 0 bridgehead atoms. The highest BCUT2D eigenvalue weighted by Crippen LogP contribution is 2.46. The molecule has 16 heteroatoms. The lowest BCUT2D eigenvalue weighted by molar-refractivity contribution is 0.117. The molecule has 3 atom stereocenters. The summed E-state index contributed by atoms with van der Waals surface area (Å²) < 4.78 is 58.8. The van der Waals surface area contributed by atoms with E-state index >= 15 is 8.78 Å². The Morgan fingerprint density at radius 1 is 1.20 bits per heavy atom. The van der Waals surface area contributed by atoms with Crippen molar-refractivity contribution in [2.24, 2.45) is 0 Å². The Labute approximate surface area is 269 Å². The fourth-order valence-electron chi connectivity index (χ4n) is 5.51. The van der Waals surface area contributed by atoms with E-state index in [9.17, 15) is 9.65 Å². The van der Waals surface area contributed by atoms with Crippen molar-refractivity contribution >= 4 is 60.6 Å². The molecule has 238 valence electrons. The topological polar surface area (TPSA) is 161 Å². The molecule has 4 heterocycles. The summed E-state index contributed by atoms with van der Waals surface area (Å²) in [5, 5.41) is 12.7. The summed E-state index contributed by atoms with van der Waals surface area (Å²) in [7, 11) is 3.76. The molecule has 1 aliphatic rings. The molecule has 6 rings (SSSR count). The number of nitrogen functional groups attached to an aromatic ring is 2. The van der Waals surface area contributed by atoms with E-state index in [-0.39, 0.29) is 73.5 Å². The average Bonchev–Trinajstić information content (AvgIpc) is 3.62. The Morgan fingerprint density at radius 2 is 1.98 bits per heavy atom. The van der Waals surface area contributed by atoms with Crippen LogP contribution >= 0.6 is 22.9 Å². The highest BCUT2D eigenvalue weighted by Gasteiger charge is 2.33. The van der Waals surface area contributed by atoms with Crippen LogP contribution in [0, 0.1) is 28.8 Å². The third kappa shape index (κ3) is 5.47. The summed E-state index contributed by atoms with van der Waals surface area (Å²) in [5.74, 6) is -2.81. The SMILES string of the molecule is C[C@@H](CNc1nc(O[C@@H]2COC[C@H]2N(C)C)nc2c(F)c(-c3c(F)cc(F)c4sc(N)c(C#N)c34)c(Cl)cc12)c1cncnc1N. The molecule has 0 aliphatic carbocycles. The molecule has 11 nitrogen and oxygen atoms in total. The van der Waals surface area contributed by atoms with E-state index in [2.05, 4.69) is 25.3 Å². The van der Waals surface area contributed by atoms with Gasteiger partial charge in [0.1, 0.15) is 52.3 Å². The molecule has 0 amide bonds. The fourth-order valence-corrected chi connectivity index (χ4v) is 6.73. The molecule has 1 fully saturated rings. The second-order valence-electron chi connectivity index (χ2n) is 11.0. The van der Waals surface area contributed by atoms with Crippen LogP contribution in [0.4, 0.5) is 29.8 Å². The molecule has 3 aromatic heterocycles. The van der Waals surface area contributed by atoms with Crippen molar-refractivity contribution in [3.8, 4) is 23.2 Å². The number of nitrogens with two attached hydrogens (primary N) is 2. The van der Waals surface area contributed by atoms with E-state index in [0.29, 0.717) is 24.1 Å². The molecule has 46 heavy (non-hydrogen) atoms. The van der Waals surface area contributed by atoms with E-state index in [0.717, 1.165) is 11.3 Å². The van der Waals surface area contributed by atoms with Gasteiger partial charge in [-0.25, -0.2) is 23.1 Å². The Bertz CT molecular complexity index is 2040. The number of benzene rings is 2. The van der Waals surface area contributed by atoms with Gasteiger partial charge in [0.15, 0.2) is 5.82 Å². The first-order chi connectivity index (χ1) is 22.0. The van der Waals surface area contributed by atoms with E-state index in [1.54, 1.807) is 6.20 Å². The Balaban J connectivity index is 1.53. The predicted molar refractivity (Wildman–Crippen MR) is 170 cm³/mol. The lowest BCUT2D eigenvalue weighted by Gasteiger charge is -2.24. The third-order valence-electron chi connectivity index (χ3n) is 7.92. The van der Waals surface area contributed by atoms with Crippen molar-refractivity contribution in [2.45, 2.75) is 25.0 Å². The van der Waals surface area contributed by atoms with Gasteiger partial charge in [-0.3, -0.25) is 0 Å². The highest BCUT2D eigenvalue weighted by atomic mass is 35.5. The van der Waals surface area contributed by atoms with Gasteiger partial charge in [0.05, 0.1) is 34.5 Å². The Hall–Kier alpha value is -4.49. The van der Waals surface area contributed by atoms with E-state index in [1.165, 1.54) is 12.4 Å². The number of nitrogens with zero attached hydrogens (tertiary/aromatic N) is 6. The normalized spacial score (nSPS) is 17.1. The number of likely N-dealkylation sites (N-methyl/N-ethyl adjacent to an activating group) is 1. The van der Waals surface area contributed by atoms with Crippen LogP contribution in [-0.4, -0.2) is 70.8 Å². The summed E-state index contributed by atoms with van der Waals surface area (Å²) in [6, 6.07) is 3.57. The first-order valence-electron chi connectivity index (χ1n) is 14.0. The van der Waals surface area contributed by atoms with Crippen molar-refractivity contribution in [2.75, 3.05) is 50.6 Å².